The molecule has 1 fully saturated rings. The third-order valence-electron chi connectivity index (χ3n) is 5.39. The Morgan fingerprint density at radius 1 is 0.972 bits per heavy atom. The van der Waals surface area contributed by atoms with Crippen molar-refractivity contribution in [1.82, 2.24) is 10.2 Å². The fraction of sp³-hybridized carbons (Fsp3) is 0.148. The van der Waals surface area contributed by atoms with Crippen molar-refractivity contribution in [3.05, 3.63) is 99.7 Å². The lowest BCUT2D eigenvalue weighted by atomic mass is 10.1. The normalized spacial score (nSPS) is 14.2. The van der Waals surface area contributed by atoms with Crippen molar-refractivity contribution in [1.29, 1.82) is 0 Å². The van der Waals surface area contributed by atoms with E-state index in [-0.39, 0.29) is 24.4 Å². The molecule has 0 atom stereocenters. The van der Waals surface area contributed by atoms with Gasteiger partial charge in [0.25, 0.3) is 5.91 Å². The molecule has 1 aliphatic rings. The first-order valence-corrected chi connectivity index (χ1v) is 11.5. The van der Waals surface area contributed by atoms with Crippen molar-refractivity contribution in [3.63, 3.8) is 0 Å². The summed E-state index contributed by atoms with van der Waals surface area (Å²) in [6.07, 6.45) is 1.58. The molecule has 0 unspecified atom stereocenters. The molecule has 0 aromatic heterocycles. The number of nitrogens with zero attached hydrogens (tertiary/aromatic N) is 1. The molecule has 3 aromatic carbocycles. The van der Waals surface area contributed by atoms with E-state index in [9.17, 15) is 14.4 Å². The molecule has 2 N–H and O–H groups in total. The third-order valence-corrected chi connectivity index (χ3v) is 5.64. The summed E-state index contributed by atoms with van der Waals surface area (Å²) < 4.78 is 11.6. The Morgan fingerprint density at radius 3 is 2.33 bits per heavy atom. The van der Waals surface area contributed by atoms with E-state index >= 15 is 0 Å². The summed E-state index contributed by atoms with van der Waals surface area (Å²) in [4.78, 5) is 37.4. The Kier molecular flexibility index (Phi) is 7.56. The molecular formula is C27H23ClN2O6. The number of amides is 3. The van der Waals surface area contributed by atoms with E-state index in [0.717, 1.165) is 16.0 Å². The quantitative estimate of drug-likeness (QED) is 0.309. The van der Waals surface area contributed by atoms with Gasteiger partial charge in [-0.25, -0.2) is 9.59 Å². The predicted molar refractivity (Wildman–Crippen MR) is 134 cm³/mol. The summed E-state index contributed by atoms with van der Waals surface area (Å²) in [5, 5.41) is 12.2. The van der Waals surface area contributed by atoms with Crippen LogP contribution in [0.4, 0.5) is 4.79 Å². The number of hydrogen-bond acceptors (Lipinski definition) is 5. The average molecular weight is 507 g/mol. The number of carbonyl (C=O) groups is 3. The highest BCUT2D eigenvalue weighted by Crippen LogP contribution is 2.30. The molecule has 9 heteroatoms. The van der Waals surface area contributed by atoms with Gasteiger partial charge < -0.3 is 19.9 Å². The van der Waals surface area contributed by atoms with Crippen molar-refractivity contribution < 1.29 is 29.0 Å². The zero-order valence-corrected chi connectivity index (χ0v) is 20.1. The van der Waals surface area contributed by atoms with Crippen LogP contribution in [0, 0.1) is 0 Å². The number of carbonyl (C=O) groups excluding carboxylic acids is 2. The fourth-order valence-corrected chi connectivity index (χ4v) is 3.69. The molecule has 36 heavy (non-hydrogen) atoms. The number of carboxylic acids is 1. The van der Waals surface area contributed by atoms with E-state index in [4.69, 9.17) is 26.2 Å². The first kappa shape index (κ1) is 24.8. The number of hydrogen-bond donors (Lipinski definition) is 2. The first-order valence-electron chi connectivity index (χ1n) is 11.1. The summed E-state index contributed by atoms with van der Waals surface area (Å²) in [6.45, 7) is 2.58. The van der Waals surface area contributed by atoms with Gasteiger partial charge in [-0.1, -0.05) is 41.9 Å². The molecule has 1 heterocycles. The van der Waals surface area contributed by atoms with E-state index in [2.05, 4.69) is 5.32 Å². The van der Waals surface area contributed by atoms with Crippen LogP contribution in [0.5, 0.6) is 11.5 Å². The van der Waals surface area contributed by atoms with Crippen molar-refractivity contribution in [3.8, 4) is 11.5 Å². The van der Waals surface area contributed by atoms with Crippen LogP contribution in [0.25, 0.3) is 6.08 Å². The lowest BCUT2D eigenvalue weighted by Crippen LogP contribution is -2.30. The Hall–Kier alpha value is -4.30. The van der Waals surface area contributed by atoms with Crippen LogP contribution >= 0.6 is 11.6 Å². The predicted octanol–water partition coefficient (Wildman–Crippen LogP) is 5.11. The molecule has 1 saturated heterocycles. The Balaban J connectivity index is 1.48. The van der Waals surface area contributed by atoms with Crippen molar-refractivity contribution >= 4 is 35.6 Å². The molecule has 0 bridgehead atoms. The second-order valence-corrected chi connectivity index (χ2v) is 8.37. The number of imide groups is 1. The highest BCUT2D eigenvalue weighted by atomic mass is 35.5. The van der Waals surface area contributed by atoms with Crippen LogP contribution in [-0.2, 0) is 17.9 Å². The smallest absolute Gasteiger partial charge is 0.335 e. The number of ether oxygens (including phenoxy) is 2. The summed E-state index contributed by atoms with van der Waals surface area (Å²) in [6, 6.07) is 18.0. The molecule has 0 aliphatic carbocycles. The van der Waals surface area contributed by atoms with Gasteiger partial charge in [-0.15, -0.1) is 0 Å². The number of benzene rings is 3. The standard InChI is InChI=1S/C27H23ClN2O6/c1-2-35-24-14-19(7-12-23(24)36-16-18-3-8-20(9-4-18)26(32)33)13-22-25(31)30(27(34)29-22)15-17-5-10-21(28)11-6-17/h3-14H,2,15-16H2,1H3,(H,29,34)(H,32,33)/b22-13-. The highest BCUT2D eigenvalue weighted by Gasteiger charge is 2.33. The van der Waals surface area contributed by atoms with E-state index in [1.165, 1.54) is 12.1 Å². The second kappa shape index (κ2) is 11.0. The van der Waals surface area contributed by atoms with Crippen LogP contribution < -0.4 is 14.8 Å². The average Bonchev–Trinajstić information content (AvgIpc) is 3.12. The number of halogens is 1. The molecule has 0 spiro atoms. The number of carboxylic acid groups (broad SMARTS) is 1. The largest absolute Gasteiger partial charge is 0.490 e. The van der Waals surface area contributed by atoms with E-state index in [0.29, 0.717) is 28.7 Å². The van der Waals surface area contributed by atoms with Gasteiger partial charge in [-0.3, -0.25) is 9.69 Å². The minimum absolute atomic E-state index is 0.129. The van der Waals surface area contributed by atoms with E-state index < -0.39 is 17.9 Å². The molecule has 1 aliphatic heterocycles. The summed E-state index contributed by atoms with van der Waals surface area (Å²) in [5.41, 5.74) is 2.58. The van der Waals surface area contributed by atoms with Gasteiger partial charge in [0.15, 0.2) is 11.5 Å². The number of aromatic carboxylic acids is 1. The van der Waals surface area contributed by atoms with Gasteiger partial charge in [0.05, 0.1) is 18.7 Å². The molecule has 4 rings (SSSR count). The van der Waals surface area contributed by atoms with Gasteiger partial charge in [0, 0.05) is 5.02 Å². The van der Waals surface area contributed by atoms with E-state index in [1.807, 2.05) is 6.92 Å². The summed E-state index contributed by atoms with van der Waals surface area (Å²) in [7, 11) is 0. The fourth-order valence-electron chi connectivity index (χ4n) is 3.56. The van der Waals surface area contributed by atoms with Gasteiger partial charge in [-0.2, -0.15) is 0 Å². The van der Waals surface area contributed by atoms with Crippen LogP contribution in [0.15, 0.2) is 72.4 Å². The Labute approximate surface area is 212 Å². The Morgan fingerprint density at radius 2 is 1.67 bits per heavy atom. The molecule has 8 nitrogen and oxygen atoms in total. The van der Waals surface area contributed by atoms with Gasteiger partial charge in [0.2, 0.25) is 0 Å². The molecule has 3 aromatic rings. The van der Waals surface area contributed by atoms with Crippen molar-refractivity contribution in [2.75, 3.05) is 6.61 Å². The minimum atomic E-state index is -0.990. The lowest BCUT2D eigenvalue weighted by Gasteiger charge is -2.13. The molecular weight excluding hydrogens is 484 g/mol. The zero-order valence-electron chi connectivity index (χ0n) is 19.4. The van der Waals surface area contributed by atoms with Gasteiger partial charge in [0.1, 0.15) is 12.3 Å². The summed E-state index contributed by atoms with van der Waals surface area (Å²) >= 11 is 5.90. The first-order chi connectivity index (χ1) is 17.3. The maximum absolute atomic E-state index is 12.9. The monoisotopic (exact) mass is 506 g/mol. The second-order valence-electron chi connectivity index (χ2n) is 7.94. The molecule has 0 saturated carbocycles. The van der Waals surface area contributed by atoms with Crippen LogP contribution in [-0.4, -0.2) is 34.5 Å². The Bertz CT molecular complexity index is 1320. The maximum atomic E-state index is 12.9. The zero-order chi connectivity index (χ0) is 25.7. The SMILES string of the molecule is CCOc1cc(/C=C2\NC(=O)N(Cc3ccc(Cl)cc3)C2=O)ccc1OCc1ccc(C(=O)O)cc1. The third kappa shape index (κ3) is 5.84. The minimum Gasteiger partial charge on any atom is -0.490 e. The number of rotatable bonds is 9. The van der Waals surface area contributed by atoms with Crippen LogP contribution in [0.1, 0.15) is 34.0 Å². The summed E-state index contributed by atoms with van der Waals surface area (Å²) in [5.74, 6) is -0.454. The number of nitrogens with one attached hydrogen (secondary N) is 1. The molecule has 0 radical (unpaired) electrons. The van der Waals surface area contributed by atoms with Crippen LogP contribution in [0.2, 0.25) is 5.02 Å². The highest BCUT2D eigenvalue weighted by molar-refractivity contribution is 6.30. The van der Waals surface area contributed by atoms with Crippen molar-refractivity contribution in [2.45, 2.75) is 20.1 Å². The lowest BCUT2D eigenvalue weighted by molar-refractivity contribution is -0.123. The van der Waals surface area contributed by atoms with Crippen LogP contribution in [0.3, 0.4) is 0 Å². The number of urea groups is 1. The van der Waals surface area contributed by atoms with E-state index in [1.54, 1.807) is 60.7 Å². The molecule has 184 valence electrons. The van der Waals surface area contributed by atoms with Crippen molar-refractivity contribution in [2.24, 2.45) is 0 Å². The molecule has 3 amide bonds. The topological polar surface area (TPSA) is 105 Å². The van der Waals surface area contributed by atoms with Gasteiger partial charge in [-0.05, 0) is 66.1 Å². The maximum Gasteiger partial charge on any atom is 0.335 e. The van der Waals surface area contributed by atoms with Gasteiger partial charge >= 0.3 is 12.0 Å².